The van der Waals surface area contributed by atoms with Crippen LogP contribution in [0.25, 0.3) is 21.7 Å². The number of hydrogen-bond donors (Lipinski definition) is 0. The van der Waals surface area contributed by atoms with Gasteiger partial charge in [-0.2, -0.15) is 4.98 Å². The van der Waals surface area contributed by atoms with E-state index in [9.17, 15) is 4.79 Å². The first-order chi connectivity index (χ1) is 17.1. The fourth-order valence-corrected chi connectivity index (χ4v) is 4.95. The normalized spacial score (nSPS) is 14.3. The molecule has 0 radical (unpaired) electrons. The molecule has 0 bridgehead atoms. The van der Waals surface area contributed by atoms with Gasteiger partial charge in [0, 0.05) is 24.0 Å². The van der Waals surface area contributed by atoms with Crippen molar-refractivity contribution in [2.24, 2.45) is 5.92 Å². The minimum atomic E-state index is -0.181. The van der Waals surface area contributed by atoms with Crippen molar-refractivity contribution in [3.05, 3.63) is 53.5 Å². The molecule has 1 saturated heterocycles. The Hall–Kier alpha value is -3.59. The predicted octanol–water partition coefficient (Wildman–Crippen LogP) is 5.32. The summed E-state index contributed by atoms with van der Waals surface area (Å²) in [6.45, 7) is 4.07. The van der Waals surface area contributed by atoms with Crippen molar-refractivity contribution in [1.82, 2.24) is 9.97 Å². The molecule has 0 N–H and O–H groups in total. The number of fused-ring (bicyclic) bond motifs is 1. The van der Waals surface area contributed by atoms with Crippen molar-refractivity contribution >= 4 is 34.4 Å². The van der Waals surface area contributed by atoms with Crippen LogP contribution in [0.2, 0.25) is 0 Å². The van der Waals surface area contributed by atoms with Gasteiger partial charge in [-0.15, -0.1) is 11.3 Å². The van der Waals surface area contributed by atoms with Crippen LogP contribution in [0.3, 0.4) is 0 Å². The second-order valence-electron chi connectivity index (χ2n) is 8.28. The molecule has 3 heterocycles. The van der Waals surface area contributed by atoms with Gasteiger partial charge in [-0.05, 0) is 50.1 Å². The molecular formula is C26H27N3O5S. The molecule has 0 saturated carbocycles. The molecule has 1 aliphatic heterocycles. The molecule has 35 heavy (non-hydrogen) atoms. The summed E-state index contributed by atoms with van der Waals surface area (Å²) in [4.78, 5) is 24.0. The Morgan fingerprint density at radius 1 is 1.14 bits per heavy atom. The molecule has 0 amide bonds. The maximum Gasteiger partial charge on any atom is 0.309 e. The molecule has 8 nitrogen and oxygen atoms in total. The minimum absolute atomic E-state index is 0.135. The van der Waals surface area contributed by atoms with Crippen molar-refractivity contribution in [2.75, 3.05) is 31.7 Å². The molecule has 5 rings (SSSR count). The number of oxazole rings is 1. The SMILES string of the molecule is CCOc1ccc(-c2nc(COC(=O)C3CCN(c4nc5ccccc5o4)CC3)cs2)cc1OC. The lowest BCUT2D eigenvalue weighted by Crippen LogP contribution is -2.37. The number of thiazole rings is 1. The summed E-state index contributed by atoms with van der Waals surface area (Å²) < 4.78 is 22.5. The average molecular weight is 494 g/mol. The van der Waals surface area contributed by atoms with Gasteiger partial charge in [0.05, 0.1) is 25.3 Å². The van der Waals surface area contributed by atoms with Crippen molar-refractivity contribution in [3.63, 3.8) is 0 Å². The van der Waals surface area contributed by atoms with Gasteiger partial charge in [0.1, 0.15) is 17.1 Å². The first-order valence-electron chi connectivity index (χ1n) is 11.7. The zero-order valence-corrected chi connectivity index (χ0v) is 20.5. The summed E-state index contributed by atoms with van der Waals surface area (Å²) in [6, 6.07) is 14.1. The number of piperidine rings is 1. The van der Waals surface area contributed by atoms with Gasteiger partial charge >= 0.3 is 5.97 Å². The minimum Gasteiger partial charge on any atom is -0.493 e. The van der Waals surface area contributed by atoms with Gasteiger partial charge in [0.2, 0.25) is 0 Å². The third-order valence-corrected chi connectivity index (χ3v) is 6.95. The second kappa shape index (κ2) is 10.4. The number of carbonyl (C=O) groups is 1. The smallest absolute Gasteiger partial charge is 0.309 e. The Kier molecular flexibility index (Phi) is 6.85. The molecule has 9 heteroatoms. The topological polar surface area (TPSA) is 86.9 Å². The Morgan fingerprint density at radius 3 is 2.74 bits per heavy atom. The molecule has 1 fully saturated rings. The highest BCUT2D eigenvalue weighted by molar-refractivity contribution is 7.13. The number of aromatic nitrogens is 2. The molecule has 0 aliphatic carbocycles. The molecule has 2 aromatic heterocycles. The third kappa shape index (κ3) is 5.09. The van der Waals surface area contributed by atoms with Crippen LogP contribution in [0.15, 0.2) is 52.3 Å². The van der Waals surface area contributed by atoms with Crippen LogP contribution in [0.5, 0.6) is 11.5 Å². The van der Waals surface area contributed by atoms with E-state index in [1.54, 1.807) is 7.11 Å². The fraction of sp³-hybridized carbons (Fsp3) is 0.346. The zero-order chi connectivity index (χ0) is 24.2. The van der Waals surface area contributed by atoms with Gasteiger partial charge in [-0.3, -0.25) is 4.79 Å². The summed E-state index contributed by atoms with van der Waals surface area (Å²) in [5, 5.41) is 2.76. The molecule has 4 aromatic rings. The van der Waals surface area contributed by atoms with Crippen molar-refractivity contribution in [2.45, 2.75) is 26.4 Å². The molecule has 182 valence electrons. The van der Waals surface area contributed by atoms with E-state index in [2.05, 4.69) is 14.9 Å². The lowest BCUT2D eigenvalue weighted by molar-refractivity contribution is -0.150. The number of benzene rings is 2. The molecule has 0 atom stereocenters. The number of ether oxygens (including phenoxy) is 3. The number of carbonyl (C=O) groups excluding carboxylic acids is 1. The predicted molar refractivity (Wildman–Crippen MR) is 134 cm³/mol. The summed E-state index contributed by atoms with van der Waals surface area (Å²) in [7, 11) is 1.62. The second-order valence-corrected chi connectivity index (χ2v) is 9.13. The lowest BCUT2D eigenvalue weighted by atomic mass is 9.97. The Bertz CT molecular complexity index is 1280. The van der Waals surface area contributed by atoms with Crippen LogP contribution >= 0.6 is 11.3 Å². The number of esters is 1. The van der Waals surface area contributed by atoms with Gasteiger partial charge in [0.25, 0.3) is 6.01 Å². The van der Waals surface area contributed by atoms with E-state index in [0.29, 0.717) is 50.1 Å². The average Bonchev–Trinajstić information content (AvgIpc) is 3.55. The summed E-state index contributed by atoms with van der Waals surface area (Å²) in [6.07, 6.45) is 1.40. The van der Waals surface area contributed by atoms with E-state index in [-0.39, 0.29) is 18.5 Å². The van der Waals surface area contributed by atoms with E-state index >= 15 is 0 Å². The van der Waals surface area contributed by atoms with Crippen LogP contribution < -0.4 is 14.4 Å². The molecule has 1 aliphatic rings. The zero-order valence-electron chi connectivity index (χ0n) is 19.7. The van der Waals surface area contributed by atoms with E-state index in [4.69, 9.17) is 18.6 Å². The van der Waals surface area contributed by atoms with Crippen LogP contribution in [-0.2, 0) is 16.1 Å². The highest BCUT2D eigenvalue weighted by Gasteiger charge is 2.28. The standard InChI is InChI=1S/C26H27N3O5S/c1-3-32-22-9-8-18(14-23(22)31-2)24-27-19(16-35-24)15-33-25(30)17-10-12-29(13-11-17)26-28-20-6-4-5-7-21(20)34-26/h4-9,14,16-17H,3,10-13,15H2,1-2H3. The summed E-state index contributed by atoms with van der Waals surface area (Å²) in [5.74, 6) is 1.05. The van der Waals surface area contributed by atoms with Crippen molar-refractivity contribution in [1.29, 1.82) is 0 Å². The van der Waals surface area contributed by atoms with Crippen LogP contribution in [-0.4, -0.2) is 42.7 Å². The van der Waals surface area contributed by atoms with Crippen LogP contribution in [0.1, 0.15) is 25.5 Å². The first kappa shape index (κ1) is 23.2. The Balaban J connectivity index is 1.14. The van der Waals surface area contributed by atoms with Crippen LogP contribution in [0, 0.1) is 5.92 Å². The summed E-state index contributed by atoms with van der Waals surface area (Å²) in [5.41, 5.74) is 3.28. The first-order valence-corrected chi connectivity index (χ1v) is 12.6. The largest absolute Gasteiger partial charge is 0.493 e. The number of methoxy groups -OCH3 is 1. The van der Waals surface area contributed by atoms with E-state index < -0.39 is 0 Å². The molecule has 0 spiro atoms. The highest BCUT2D eigenvalue weighted by Crippen LogP contribution is 2.34. The Labute approximate surface area is 207 Å². The number of nitrogens with zero attached hydrogens (tertiary/aromatic N) is 3. The van der Waals surface area contributed by atoms with Gasteiger partial charge in [-0.25, -0.2) is 4.98 Å². The summed E-state index contributed by atoms with van der Waals surface area (Å²) >= 11 is 1.51. The molecular weight excluding hydrogens is 466 g/mol. The number of rotatable bonds is 8. The maximum atomic E-state index is 12.7. The molecule has 2 aromatic carbocycles. The van der Waals surface area contributed by atoms with Crippen molar-refractivity contribution < 1.29 is 23.4 Å². The number of para-hydroxylation sites is 2. The van der Waals surface area contributed by atoms with E-state index in [1.807, 2.05) is 54.8 Å². The number of anilines is 1. The van der Waals surface area contributed by atoms with Gasteiger partial charge < -0.3 is 23.5 Å². The van der Waals surface area contributed by atoms with Crippen LogP contribution in [0.4, 0.5) is 6.01 Å². The number of hydrogen-bond acceptors (Lipinski definition) is 9. The van der Waals surface area contributed by atoms with Gasteiger partial charge in [-0.1, -0.05) is 12.1 Å². The highest BCUT2D eigenvalue weighted by atomic mass is 32.1. The quantitative estimate of drug-likeness (QED) is 0.305. The third-order valence-electron chi connectivity index (χ3n) is 6.01. The van der Waals surface area contributed by atoms with E-state index in [0.717, 1.165) is 27.4 Å². The fourth-order valence-electron chi connectivity index (χ4n) is 4.15. The lowest BCUT2D eigenvalue weighted by Gasteiger charge is -2.29. The Morgan fingerprint density at radius 2 is 1.97 bits per heavy atom. The molecule has 0 unspecified atom stereocenters. The van der Waals surface area contributed by atoms with Gasteiger partial charge in [0.15, 0.2) is 17.1 Å². The van der Waals surface area contributed by atoms with Crippen molar-refractivity contribution in [3.8, 4) is 22.1 Å². The van der Waals surface area contributed by atoms with E-state index in [1.165, 1.54) is 11.3 Å². The maximum absolute atomic E-state index is 12.7. The monoisotopic (exact) mass is 493 g/mol.